The molecular weight excluding hydrogens is 665 g/mol. The van der Waals surface area contributed by atoms with Crippen LogP contribution in [0.2, 0.25) is 0 Å². The molecule has 3 nitrogen and oxygen atoms in total. The predicted octanol–water partition coefficient (Wildman–Crippen LogP) is 14.1. The molecule has 0 aliphatic rings. The van der Waals surface area contributed by atoms with Crippen LogP contribution >= 0.6 is 11.3 Å². The van der Waals surface area contributed by atoms with Crippen molar-refractivity contribution < 1.29 is 4.42 Å². The van der Waals surface area contributed by atoms with Crippen molar-refractivity contribution in [1.82, 2.24) is 4.57 Å². The Bertz CT molecular complexity index is 3130. The van der Waals surface area contributed by atoms with Crippen molar-refractivity contribution in [3.63, 3.8) is 0 Å². The summed E-state index contributed by atoms with van der Waals surface area (Å²) in [4.78, 5) is 2.40. The molecule has 11 aromatic rings. The highest BCUT2D eigenvalue weighted by atomic mass is 32.1. The van der Waals surface area contributed by atoms with Gasteiger partial charge < -0.3 is 13.9 Å². The van der Waals surface area contributed by atoms with E-state index in [4.69, 9.17) is 4.42 Å². The van der Waals surface area contributed by atoms with Gasteiger partial charge in [0.15, 0.2) is 5.58 Å². The summed E-state index contributed by atoms with van der Waals surface area (Å²) in [6.07, 6.45) is 0. The Labute approximate surface area is 310 Å². The highest BCUT2D eigenvalue weighted by Crippen LogP contribution is 2.49. The molecule has 0 amide bonds. The first-order valence-corrected chi connectivity index (χ1v) is 18.7. The average Bonchev–Trinajstić information content (AvgIpc) is 3.89. The van der Waals surface area contributed by atoms with E-state index in [0.717, 1.165) is 61.1 Å². The molecule has 0 N–H and O–H groups in total. The van der Waals surface area contributed by atoms with E-state index in [-0.39, 0.29) is 0 Å². The first kappa shape index (κ1) is 29.9. The van der Waals surface area contributed by atoms with E-state index in [2.05, 4.69) is 180 Å². The van der Waals surface area contributed by atoms with E-state index in [1.165, 1.54) is 42.2 Å². The third-order valence-corrected chi connectivity index (χ3v) is 11.6. The van der Waals surface area contributed by atoms with Crippen molar-refractivity contribution in [2.75, 3.05) is 4.90 Å². The lowest BCUT2D eigenvalue weighted by atomic mass is 10.0. The number of para-hydroxylation sites is 2. The van der Waals surface area contributed by atoms with E-state index in [1.807, 2.05) is 23.5 Å². The maximum Gasteiger partial charge on any atom is 0.159 e. The van der Waals surface area contributed by atoms with Crippen molar-refractivity contribution in [3.05, 3.63) is 181 Å². The van der Waals surface area contributed by atoms with Crippen molar-refractivity contribution in [2.45, 2.75) is 6.92 Å². The lowest BCUT2D eigenvalue weighted by molar-refractivity contribution is 0.669. The molecule has 11 rings (SSSR count). The van der Waals surface area contributed by atoms with Crippen LogP contribution in [0.5, 0.6) is 0 Å². The van der Waals surface area contributed by atoms with E-state index in [1.54, 1.807) is 0 Å². The number of benzene rings is 7. The van der Waals surface area contributed by atoms with Gasteiger partial charge in [0.1, 0.15) is 11.1 Å². The molecule has 0 bridgehead atoms. The Morgan fingerprint density at radius 2 is 1.30 bits per heavy atom. The zero-order valence-electron chi connectivity index (χ0n) is 28.8. The Morgan fingerprint density at radius 3 is 2.15 bits per heavy atom. The molecule has 0 radical (unpaired) electrons. The van der Waals surface area contributed by atoms with E-state index in [0.29, 0.717) is 0 Å². The smallest absolute Gasteiger partial charge is 0.159 e. The minimum atomic E-state index is 0.838. The Balaban J connectivity index is 1.25. The number of hydrogen-bond donors (Lipinski definition) is 0. The van der Waals surface area contributed by atoms with Crippen LogP contribution in [-0.4, -0.2) is 4.57 Å². The molecule has 3 aromatic heterocycles. The number of rotatable bonds is 5. The molecule has 0 fully saturated rings. The highest BCUT2D eigenvalue weighted by Gasteiger charge is 2.25. The molecule has 8 aromatic carbocycles. The average molecular weight is 695 g/mol. The molecule has 248 valence electrons. The van der Waals surface area contributed by atoms with Gasteiger partial charge >= 0.3 is 0 Å². The fourth-order valence-electron chi connectivity index (χ4n) is 8.05. The summed E-state index contributed by atoms with van der Waals surface area (Å²) < 4.78 is 11.7. The minimum absolute atomic E-state index is 0.838. The van der Waals surface area contributed by atoms with Crippen LogP contribution in [-0.2, 0) is 0 Å². The summed E-state index contributed by atoms with van der Waals surface area (Å²) in [6, 6.07) is 65.4. The largest absolute Gasteiger partial charge is 0.454 e. The third kappa shape index (κ3) is 4.61. The van der Waals surface area contributed by atoms with E-state index < -0.39 is 0 Å². The quantitative estimate of drug-likeness (QED) is 0.179. The van der Waals surface area contributed by atoms with Gasteiger partial charge in [-0.05, 0) is 90.8 Å². The maximum atomic E-state index is 6.88. The second-order valence-electron chi connectivity index (χ2n) is 13.7. The van der Waals surface area contributed by atoms with Gasteiger partial charge in [0.2, 0.25) is 0 Å². The fourth-order valence-corrected chi connectivity index (χ4v) is 9.18. The number of aromatic nitrogens is 1. The normalized spacial score (nSPS) is 11.7. The first-order chi connectivity index (χ1) is 26.2. The van der Waals surface area contributed by atoms with E-state index >= 15 is 0 Å². The molecule has 0 unspecified atom stereocenters. The lowest BCUT2D eigenvalue weighted by Crippen LogP contribution is -2.11. The minimum Gasteiger partial charge on any atom is -0.454 e. The van der Waals surface area contributed by atoms with Gasteiger partial charge in [0.25, 0.3) is 0 Å². The van der Waals surface area contributed by atoms with E-state index in [9.17, 15) is 0 Å². The predicted molar refractivity (Wildman–Crippen MR) is 223 cm³/mol. The molecule has 0 saturated heterocycles. The molecule has 0 aliphatic heterocycles. The summed E-state index contributed by atoms with van der Waals surface area (Å²) in [5.41, 5.74) is 11.6. The van der Waals surface area contributed by atoms with Crippen LogP contribution in [0.3, 0.4) is 0 Å². The van der Waals surface area contributed by atoms with Gasteiger partial charge in [-0.2, -0.15) is 0 Å². The van der Waals surface area contributed by atoms with Crippen molar-refractivity contribution in [3.8, 4) is 16.8 Å². The standard InChI is InChI=1S/C49H30N2OS/c1-31-21-23-32(24-22-31)33-25-27-34(28-26-33)50(43-17-10-20-47-48(43)39-14-5-9-19-46(39)53-47)44-30-35(29-40-38-13-4-8-18-45(38)52-49(40)44)51-41-15-6-2-11-36(41)37-12-3-7-16-42(37)51/h2-6,8-15,17-30H,1H3. The summed E-state index contributed by atoms with van der Waals surface area (Å²) in [6.45, 7) is 2.13. The number of anilines is 3. The van der Waals surface area contributed by atoms with Crippen LogP contribution in [0.4, 0.5) is 17.1 Å². The SMILES string of the molecule is Cc1ccc(-c2ccc(N(c3cc(-n4c5c#cccc5c5ccccc54)cc4c3oc3ccccc34)c3cccc4sc5ccccc5c34)cc2)cc1. The molecular formula is C49H30N2OS. The van der Waals surface area contributed by atoms with Crippen LogP contribution in [0.25, 0.3) is 80.7 Å². The molecule has 0 saturated carbocycles. The van der Waals surface area contributed by atoms with Gasteiger partial charge in [-0.25, -0.2) is 0 Å². The number of aryl methyl sites for hydroxylation is 1. The van der Waals surface area contributed by atoms with Gasteiger partial charge in [0.05, 0.1) is 16.9 Å². The number of nitrogens with zero attached hydrogens (tertiary/aromatic N) is 2. The van der Waals surface area contributed by atoms with Gasteiger partial charge in [-0.15, -0.1) is 11.3 Å². The van der Waals surface area contributed by atoms with Gasteiger partial charge in [-0.3, -0.25) is 0 Å². The van der Waals surface area contributed by atoms with Crippen molar-refractivity contribution >= 4 is 92.3 Å². The van der Waals surface area contributed by atoms with Crippen LogP contribution in [0.15, 0.2) is 168 Å². The zero-order chi connectivity index (χ0) is 35.0. The number of hydrogen-bond acceptors (Lipinski definition) is 3. The van der Waals surface area contributed by atoms with Crippen LogP contribution in [0, 0.1) is 19.1 Å². The number of furan rings is 1. The zero-order valence-corrected chi connectivity index (χ0v) is 29.6. The monoisotopic (exact) mass is 694 g/mol. The Morgan fingerprint density at radius 1 is 0.585 bits per heavy atom. The highest BCUT2D eigenvalue weighted by molar-refractivity contribution is 7.26. The van der Waals surface area contributed by atoms with Gasteiger partial charge in [-0.1, -0.05) is 109 Å². The number of thiophene rings is 1. The Hall–Kier alpha value is -6.80. The number of fused-ring (bicyclic) bond motifs is 9. The second-order valence-corrected chi connectivity index (χ2v) is 14.7. The Kier molecular flexibility index (Phi) is 6.55. The summed E-state index contributed by atoms with van der Waals surface area (Å²) in [5, 5.41) is 6.94. The molecule has 4 heteroatoms. The topological polar surface area (TPSA) is 21.3 Å². The van der Waals surface area contributed by atoms with Crippen molar-refractivity contribution in [1.29, 1.82) is 0 Å². The van der Waals surface area contributed by atoms with Crippen LogP contribution in [0.1, 0.15) is 5.56 Å². The molecule has 3 heterocycles. The maximum absolute atomic E-state index is 6.88. The van der Waals surface area contributed by atoms with Crippen molar-refractivity contribution in [2.24, 2.45) is 0 Å². The molecule has 0 atom stereocenters. The molecule has 0 aliphatic carbocycles. The molecule has 0 spiro atoms. The second kappa shape index (κ2) is 11.6. The third-order valence-electron chi connectivity index (χ3n) is 10.5. The first-order valence-electron chi connectivity index (χ1n) is 17.8. The van der Waals surface area contributed by atoms with Crippen LogP contribution < -0.4 is 4.90 Å². The summed E-state index contributed by atoms with van der Waals surface area (Å²) >= 11 is 1.83. The lowest BCUT2D eigenvalue weighted by Gasteiger charge is -2.27. The summed E-state index contributed by atoms with van der Waals surface area (Å²) in [5.74, 6) is 0. The fraction of sp³-hybridized carbons (Fsp3) is 0.0204. The summed E-state index contributed by atoms with van der Waals surface area (Å²) in [7, 11) is 0. The van der Waals surface area contributed by atoms with Gasteiger partial charge in [0, 0.05) is 53.1 Å². The molecule has 53 heavy (non-hydrogen) atoms.